The Morgan fingerprint density at radius 1 is 1.13 bits per heavy atom. The number of carbonyl (C=O) groups excluding carboxylic acids is 3. The summed E-state index contributed by atoms with van der Waals surface area (Å²) in [6, 6.07) is 1.60. The van der Waals surface area contributed by atoms with Crippen molar-refractivity contribution in [2.45, 2.75) is 68.9 Å². The average molecular weight is 753 g/mol. The molecule has 4 bridgehead atoms. The molecule has 2 fully saturated rings. The molecule has 6 aliphatic heterocycles. The van der Waals surface area contributed by atoms with Gasteiger partial charge in [0.2, 0.25) is 6.79 Å². The SMILES string of the molecule is COc1c(C)cc2c(c1O)[C@@H]1[C@@H]3[C@@H]4SCC(NC(=O)c5cccnc5Cl)C(=O)OC[C@@H](c5c6c(c(C)c(OC(C)=O)c54)OCO6)N3[C@@H](O)[C@H](C2)N1C. The maximum Gasteiger partial charge on any atom is 0.329 e. The maximum absolute atomic E-state index is 13.8. The van der Waals surface area contributed by atoms with Crippen molar-refractivity contribution < 1.29 is 48.3 Å². The van der Waals surface area contributed by atoms with Crippen LogP contribution in [-0.2, 0) is 20.7 Å². The summed E-state index contributed by atoms with van der Waals surface area (Å²) in [5.41, 5.74) is 4.15. The number of aromatic nitrogens is 1. The van der Waals surface area contributed by atoms with Gasteiger partial charge in [0.05, 0.1) is 36.0 Å². The van der Waals surface area contributed by atoms with Crippen LogP contribution in [0.4, 0.5) is 0 Å². The summed E-state index contributed by atoms with van der Waals surface area (Å²) in [6.07, 6.45) is 0.819. The lowest BCUT2D eigenvalue weighted by Crippen LogP contribution is -2.69. The topological polar surface area (TPSA) is 169 Å². The highest BCUT2D eigenvalue weighted by molar-refractivity contribution is 7.99. The number of likely N-dealkylation sites (N-methyl/N-ethyl adjacent to an activating group) is 1. The summed E-state index contributed by atoms with van der Waals surface area (Å²) >= 11 is 7.56. The number of aliphatic hydroxyl groups is 1. The van der Waals surface area contributed by atoms with E-state index in [1.807, 2.05) is 24.9 Å². The summed E-state index contributed by atoms with van der Waals surface area (Å²) in [5, 5.41) is 26.4. The molecular formula is C36H37ClN4O10S. The molecule has 0 radical (unpaired) electrons. The minimum Gasteiger partial charge on any atom is -0.504 e. The lowest BCUT2D eigenvalue weighted by Gasteiger charge is -2.62. The summed E-state index contributed by atoms with van der Waals surface area (Å²) in [6.45, 7) is 4.63. The van der Waals surface area contributed by atoms with Crippen molar-refractivity contribution in [3.8, 4) is 28.7 Å². The Labute approximate surface area is 308 Å². The fourth-order valence-corrected chi connectivity index (χ4v) is 10.4. The quantitative estimate of drug-likeness (QED) is 0.201. The van der Waals surface area contributed by atoms with E-state index in [0.717, 1.165) is 11.1 Å². The second-order valence-electron chi connectivity index (χ2n) is 13.6. The molecule has 14 nitrogen and oxygen atoms in total. The number of methoxy groups -OCH3 is 1. The third-order valence-corrected chi connectivity index (χ3v) is 12.5. The van der Waals surface area contributed by atoms with E-state index in [2.05, 4.69) is 15.2 Å². The first kappa shape index (κ1) is 34.8. The predicted molar refractivity (Wildman–Crippen MR) is 187 cm³/mol. The molecule has 0 aliphatic carbocycles. The molecule has 1 amide bonds. The molecule has 0 spiro atoms. The third-order valence-electron chi connectivity index (χ3n) is 10.8. The number of ether oxygens (including phenoxy) is 5. The summed E-state index contributed by atoms with van der Waals surface area (Å²) in [5.74, 6) is -0.358. The number of hydrogen-bond donors (Lipinski definition) is 3. The van der Waals surface area contributed by atoms with Crippen molar-refractivity contribution in [1.29, 1.82) is 0 Å². The Morgan fingerprint density at radius 2 is 1.90 bits per heavy atom. The molecule has 1 unspecified atom stereocenters. The number of thioether (sulfide) groups is 1. The molecule has 9 rings (SSSR count). The Balaban J connectivity index is 1.34. The van der Waals surface area contributed by atoms with Gasteiger partial charge in [-0.25, -0.2) is 9.78 Å². The number of phenolic OH excluding ortho intramolecular Hbond substituents is 1. The van der Waals surface area contributed by atoms with E-state index < -0.39 is 59.5 Å². The number of hydrogen-bond acceptors (Lipinski definition) is 14. The fraction of sp³-hybridized carbons (Fsp3) is 0.444. The molecule has 3 N–H and O–H groups in total. The van der Waals surface area contributed by atoms with E-state index in [0.29, 0.717) is 45.9 Å². The molecule has 1 aromatic heterocycles. The van der Waals surface area contributed by atoms with Crippen LogP contribution in [-0.4, -0.2) is 101 Å². The number of aryl methyl sites for hydroxylation is 1. The van der Waals surface area contributed by atoms with E-state index >= 15 is 0 Å². The van der Waals surface area contributed by atoms with Crippen molar-refractivity contribution in [3.05, 3.63) is 68.5 Å². The van der Waals surface area contributed by atoms with E-state index in [1.165, 1.54) is 38.1 Å². The van der Waals surface area contributed by atoms with E-state index in [9.17, 15) is 24.6 Å². The van der Waals surface area contributed by atoms with Crippen molar-refractivity contribution in [1.82, 2.24) is 20.1 Å². The van der Waals surface area contributed by atoms with E-state index in [1.54, 1.807) is 13.0 Å². The lowest BCUT2D eigenvalue weighted by molar-refractivity contribution is -0.184. The summed E-state index contributed by atoms with van der Waals surface area (Å²) in [4.78, 5) is 48.0. The molecule has 7 heterocycles. The number of halogens is 1. The van der Waals surface area contributed by atoms with Crippen molar-refractivity contribution in [2.75, 3.05) is 33.3 Å². The fourth-order valence-electron chi connectivity index (χ4n) is 8.67. The zero-order valence-electron chi connectivity index (χ0n) is 29.0. The number of fused-ring (bicyclic) bond motifs is 10. The number of carbonyl (C=O) groups is 3. The lowest BCUT2D eigenvalue weighted by atomic mass is 9.73. The number of aliphatic hydroxyl groups excluding tert-OH is 1. The van der Waals surface area contributed by atoms with Crippen LogP contribution in [0.2, 0.25) is 5.15 Å². The van der Waals surface area contributed by atoms with Gasteiger partial charge in [-0.3, -0.25) is 19.4 Å². The largest absolute Gasteiger partial charge is 0.504 e. The summed E-state index contributed by atoms with van der Waals surface area (Å²) < 4.78 is 29.7. The van der Waals surface area contributed by atoms with Gasteiger partial charge in [-0.15, -0.1) is 11.8 Å². The highest BCUT2D eigenvalue weighted by Crippen LogP contribution is 2.63. The number of rotatable bonds is 4. The number of aromatic hydroxyl groups is 1. The molecule has 52 heavy (non-hydrogen) atoms. The molecule has 7 atom stereocenters. The van der Waals surface area contributed by atoms with Crippen LogP contribution in [0.25, 0.3) is 0 Å². The highest BCUT2D eigenvalue weighted by Gasteiger charge is 2.60. The van der Waals surface area contributed by atoms with Gasteiger partial charge < -0.3 is 39.2 Å². The first-order chi connectivity index (χ1) is 24.9. The Kier molecular flexibility index (Phi) is 8.69. The van der Waals surface area contributed by atoms with Crippen LogP contribution in [0.3, 0.4) is 0 Å². The number of nitrogens with zero attached hydrogens (tertiary/aromatic N) is 3. The first-order valence-electron chi connectivity index (χ1n) is 16.8. The van der Waals surface area contributed by atoms with Crippen molar-refractivity contribution >= 4 is 41.2 Å². The van der Waals surface area contributed by atoms with Crippen LogP contribution in [0.5, 0.6) is 28.7 Å². The monoisotopic (exact) mass is 752 g/mol. The normalized spacial score (nSPS) is 27.5. The van der Waals surface area contributed by atoms with Gasteiger partial charge in [0.15, 0.2) is 23.0 Å². The maximum atomic E-state index is 13.8. The number of pyridine rings is 1. The second-order valence-corrected chi connectivity index (χ2v) is 15.1. The number of benzene rings is 2. The molecule has 16 heteroatoms. The van der Waals surface area contributed by atoms with Crippen molar-refractivity contribution in [2.24, 2.45) is 0 Å². The minimum absolute atomic E-state index is 0.00863. The molecular weight excluding hydrogens is 716 g/mol. The Hall–Kier alpha value is -4.28. The predicted octanol–water partition coefficient (Wildman–Crippen LogP) is 3.50. The molecule has 274 valence electrons. The zero-order chi connectivity index (χ0) is 36.7. The van der Waals surface area contributed by atoms with Gasteiger partial charge in [0.1, 0.15) is 29.8 Å². The van der Waals surface area contributed by atoms with E-state index in [4.69, 9.17) is 35.3 Å². The first-order valence-corrected chi connectivity index (χ1v) is 18.3. The zero-order valence-corrected chi connectivity index (χ0v) is 30.5. The van der Waals surface area contributed by atoms with Crippen LogP contribution < -0.4 is 24.3 Å². The molecule has 2 saturated heterocycles. The van der Waals surface area contributed by atoms with Crippen LogP contribution in [0.15, 0.2) is 24.4 Å². The minimum atomic E-state index is -1.12. The van der Waals surface area contributed by atoms with Crippen LogP contribution in [0.1, 0.15) is 68.0 Å². The van der Waals surface area contributed by atoms with Crippen molar-refractivity contribution in [3.63, 3.8) is 0 Å². The van der Waals surface area contributed by atoms with Gasteiger partial charge in [-0.2, -0.15) is 0 Å². The van der Waals surface area contributed by atoms with E-state index in [-0.39, 0.29) is 41.4 Å². The second kappa shape index (κ2) is 13.0. The standard InChI is InChI=1S/C36H37ClN4O10S/c1-14-9-17-10-20-35(45)41-21-11-48-36(46)19(39-34(44)18-7-6-8-38-33(18)37)12-52-32(26(41)25(40(20)4)22(17)27(43)28(14)47-5)24-23(21)31-30(49-13-50-31)15(2)29(24)51-16(3)42/h6-9,19-21,25-26,32,35,43,45H,10-13H2,1-5H3,(H,39,44)/t19?,20-,21-,25+,26+,32+,35-/m0/s1. The highest BCUT2D eigenvalue weighted by atomic mass is 35.5. The number of piperazine rings is 1. The van der Waals surface area contributed by atoms with Gasteiger partial charge >= 0.3 is 11.9 Å². The van der Waals surface area contributed by atoms with Crippen LogP contribution in [0, 0.1) is 13.8 Å². The number of phenols is 1. The van der Waals surface area contributed by atoms with Gasteiger partial charge in [0.25, 0.3) is 5.91 Å². The number of esters is 2. The number of nitrogens with one attached hydrogen (secondary N) is 1. The Bertz CT molecular complexity index is 2030. The number of amides is 1. The third kappa shape index (κ3) is 5.19. The molecule has 2 aromatic carbocycles. The smallest absolute Gasteiger partial charge is 0.329 e. The van der Waals surface area contributed by atoms with Gasteiger partial charge in [0, 0.05) is 47.2 Å². The molecule has 0 saturated carbocycles. The average Bonchev–Trinajstić information content (AvgIpc) is 3.60. The molecule has 6 aliphatic rings. The summed E-state index contributed by atoms with van der Waals surface area (Å²) in [7, 11) is 3.43. The van der Waals surface area contributed by atoms with Gasteiger partial charge in [-0.05, 0) is 50.6 Å². The van der Waals surface area contributed by atoms with Gasteiger partial charge in [-0.1, -0.05) is 17.7 Å². The molecule has 3 aromatic rings. The Morgan fingerprint density at radius 3 is 2.63 bits per heavy atom. The van der Waals surface area contributed by atoms with Crippen LogP contribution >= 0.6 is 23.4 Å².